The lowest BCUT2D eigenvalue weighted by Crippen LogP contribution is -2.43. The van der Waals surface area contributed by atoms with E-state index in [1.807, 2.05) is 30.3 Å². The van der Waals surface area contributed by atoms with Crippen LogP contribution in [-0.2, 0) is 24.4 Å². The van der Waals surface area contributed by atoms with Crippen LogP contribution < -0.4 is 10.1 Å². The molecule has 3 aromatic rings. The molecule has 1 aromatic heterocycles. The van der Waals surface area contributed by atoms with Crippen molar-refractivity contribution in [2.45, 2.75) is 19.6 Å². The summed E-state index contributed by atoms with van der Waals surface area (Å²) in [6, 6.07) is 15.9. The number of H-pyrrole nitrogens is 1. The lowest BCUT2D eigenvalue weighted by atomic mass is 10.1. The maximum atomic E-state index is 12.7. The van der Waals surface area contributed by atoms with E-state index in [-0.39, 0.29) is 12.5 Å². The van der Waals surface area contributed by atoms with Gasteiger partial charge in [-0.2, -0.15) is 5.10 Å². The molecule has 1 aliphatic heterocycles. The topological polar surface area (TPSA) is 78.4 Å². The van der Waals surface area contributed by atoms with Crippen LogP contribution in [0.2, 0.25) is 0 Å². The summed E-state index contributed by atoms with van der Waals surface area (Å²) in [5.41, 5.74) is 3.21. The average Bonchev–Trinajstić information content (AvgIpc) is 3.19. The third-order valence-electron chi connectivity index (χ3n) is 5.89. The zero-order chi connectivity index (χ0) is 23.2. The monoisotopic (exact) mass is 466 g/mol. The van der Waals surface area contributed by atoms with Crippen LogP contribution in [-0.4, -0.2) is 70.8 Å². The molecule has 4 rings (SSSR count). The Morgan fingerprint density at radius 1 is 1.12 bits per heavy atom. The summed E-state index contributed by atoms with van der Waals surface area (Å²) in [6.45, 7) is 5.87. The van der Waals surface area contributed by atoms with Gasteiger partial charge in [0.1, 0.15) is 12.3 Å². The number of rotatable bonds is 8. The number of hydrogen-bond donors (Lipinski definition) is 2. The highest BCUT2D eigenvalue weighted by molar-refractivity contribution is 7.71. The average molecular weight is 467 g/mol. The van der Waals surface area contributed by atoms with Crippen LogP contribution in [0.3, 0.4) is 0 Å². The Labute approximate surface area is 199 Å². The molecule has 0 unspecified atom stereocenters. The lowest BCUT2D eigenvalue weighted by Gasteiger charge is -2.32. The molecular formula is C24H30N6O2S. The molecule has 1 saturated heterocycles. The molecule has 0 saturated carbocycles. The second kappa shape index (κ2) is 10.7. The molecule has 174 valence electrons. The second-order valence-corrected chi connectivity index (χ2v) is 8.73. The van der Waals surface area contributed by atoms with E-state index in [4.69, 9.17) is 17.0 Å². The van der Waals surface area contributed by atoms with Gasteiger partial charge in [-0.15, -0.1) is 0 Å². The van der Waals surface area contributed by atoms with E-state index in [9.17, 15) is 4.79 Å². The van der Waals surface area contributed by atoms with Crippen LogP contribution >= 0.6 is 12.2 Å². The third kappa shape index (κ3) is 6.07. The number of likely N-dealkylation sites (N-methyl/N-ethyl adjacent to an activating group) is 1. The summed E-state index contributed by atoms with van der Waals surface area (Å²) in [6.07, 6.45) is 0. The molecule has 0 bridgehead atoms. The standard InChI is InChI=1S/C24H30N6O2S/c1-28-10-12-29(13-11-28)16-19-5-3-4-18(14-19)15-25-22(31)17-30-23(26-27-24(30)33)20-6-8-21(32-2)9-7-20/h3-9,14H,10-13,15-17H2,1-2H3,(H,25,31)(H,27,33). The SMILES string of the molecule is COc1ccc(-c2n[nH]c(=S)n2CC(=O)NCc2cccc(CN3CCN(C)CC3)c2)cc1. The molecule has 1 aliphatic rings. The molecule has 0 atom stereocenters. The lowest BCUT2D eigenvalue weighted by molar-refractivity contribution is -0.121. The zero-order valence-electron chi connectivity index (χ0n) is 19.1. The van der Waals surface area contributed by atoms with Crippen molar-refractivity contribution in [3.8, 4) is 17.1 Å². The number of ether oxygens (including phenoxy) is 1. The van der Waals surface area contributed by atoms with Crippen molar-refractivity contribution >= 4 is 18.1 Å². The van der Waals surface area contributed by atoms with E-state index in [0.29, 0.717) is 17.1 Å². The number of piperazine rings is 1. The summed E-state index contributed by atoms with van der Waals surface area (Å²) in [5, 5.41) is 10.1. The first-order valence-electron chi connectivity index (χ1n) is 11.1. The molecule has 2 N–H and O–H groups in total. The van der Waals surface area contributed by atoms with Gasteiger partial charge in [-0.25, -0.2) is 0 Å². The van der Waals surface area contributed by atoms with Gasteiger partial charge in [0.2, 0.25) is 5.91 Å². The van der Waals surface area contributed by atoms with Gasteiger partial charge in [0, 0.05) is 44.8 Å². The highest BCUT2D eigenvalue weighted by Gasteiger charge is 2.15. The Bertz CT molecular complexity index is 1130. The molecule has 9 heteroatoms. The summed E-state index contributed by atoms with van der Waals surface area (Å²) >= 11 is 5.35. The first kappa shape index (κ1) is 23.2. The number of nitrogens with zero attached hydrogens (tertiary/aromatic N) is 4. The van der Waals surface area contributed by atoms with E-state index in [1.54, 1.807) is 11.7 Å². The van der Waals surface area contributed by atoms with Crippen molar-refractivity contribution in [2.24, 2.45) is 0 Å². The Kier molecular flexibility index (Phi) is 7.54. The maximum absolute atomic E-state index is 12.7. The van der Waals surface area contributed by atoms with Crippen molar-refractivity contribution in [1.82, 2.24) is 29.9 Å². The van der Waals surface area contributed by atoms with Gasteiger partial charge in [-0.05, 0) is 54.7 Å². The molecular weight excluding hydrogens is 436 g/mol. The smallest absolute Gasteiger partial charge is 0.240 e. The number of carbonyl (C=O) groups is 1. The number of hydrogen-bond acceptors (Lipinski definition) is 6. The number of methoxy groups -OCH3 is 1. The van der Waals surface area contributed by atoms with Crippen molar-refractivity contribution in [3.05, 3.63) is 64.4 Å². The Balaban J connectivity index is 1.35. The molecule has 0 spiro atoms. The predicted molar refractivity (Wildman–Crippen MR) is 130 cm³/mol. The van der Waals surface area contributed by atoms with Crippen LogP contribution in [0.25, 0.3) is 11.4 Å². The maximum Gasteiger partial charge on any atom is 0.240 e. The molecule has 1 fully saturated rings. The molecule has 1 amide bonds. The molecule has 33 heavy (non-hydrogen) atoms. The fourth-order valence-corrected chi connectivity index (χ4v) is 4.12. The van der Waals surface area contributed by atoms with Gasteiger partial charge in [0.15, 0.2) is 10.6 Å². The Morgan fingerprint density at radius 3 is 2.58 bits per heavy atom. The molecule has 0 radical (unpaired) electrons. The van der Waals surface area contributed by atoms with E-state index >= 15 is 0 Å². The van der Waals surface area contributed by atoms with Gasteiger partial charge in [-0.1, -0.05) is 24.3 Å². The Hall–Kier alpha value is -3.01. The molecule has 8 nitrogen and oxygen atoms in total. The summed E-state index contributed by atoms with van der Waals surface area (Å²) in [7, 11) is 3.79. The quantitative estimate of drug-likeness (QED) is 0.497. The van der Waals surface area contributed by atoms with Gasteiger partial charge in [0.25, 0.3) is 0 Å². The number of aromatic nitrogens is 3. The van der Waals surface area contributed by atoms with E-state index < -0.39 is 0 Å². The number of benzene rings is 2. The van der Waals surface area contributed by atoms with E-state index in [0.717, 1.165) is 49.6 Å². The minimum atomic E-state index is -0.119. The van der Waals surface area contributed by atoms with Crippen LogP contribution in [0.1, 0.15) is 11.1 Å². The van der Waals surface area contributed by atoms with Crippen molar-refractivity contribution in [1.29, 1.82) is 0 Å². The summed E-state index contributed by atoms with van der Waals surface area (Å²) < 4.78 is 7.32. The van der Waals surface area contributed by atoms with Crippen LogP contribution in [0, 0.1) is 4.77 Å². The van der Waals surface area contributed by atoms with Gasteiger partial charge in [0.05, 0.1) is 7.11 Å². The summed E-state index contributed by atoms with van der Waals surface area (Å²) in [4.78, 5) is 17.5. The number of aromatic amines is 1. The van der Waals surface area contributed by atoms with Crippen molar-refractivity contribution in [3.63, 3.8) is 0 Å². The Morgan fingerprint density at radius 2 is 1.85 bits per heavy atom. The van der Waals surface area contributed by atoms with Crippen LogP contribution in [0.4, 0.5) is 0 Å². The molecule has 2 heterocycles. The first-order valence-corrected chi connectivity index (χ1v) is 11.5. The largest absolute Gasteiger partial charge is 0.497 e. The third-order valence-corrected chi connectivity index (χ3v) is 6.20. The predicted octanol–water partition coefficient (Wildman–Crippen LogP) is 2.68. The molecule has 0 aliphatic carbocycles. The normalized spacial score (nSPS) is 14.8. The zero-order valence-corrected chi connectivity index (χ0v) is 19.9. The summed E-state index contributed by atoms with van der Waals surface area (Å²) in [5.74, 6) is 1.26. The van der Waals surface area contributed by atoms with Crippen molar-refractivity contribution < 1.29 is 9.53 Å². The number of amides is 1. The van der Waals surface area contributed by atoms with Gasteiger partial charge >= 0.3 is 0 Å². The van der Waals surface area contributed by atoms with Gasteiger partial charge in [-0.3, -0.25) is 19.4 Å². The fourth-order valence-electron chi connectivity index (χ4n) is 3.93. The van der Waals surface area contributed by atoms with Crippen molar-refractivity contribution in [2.75, 3.05) is 40.3 Å². The number of nitrogens with one attached hydrogen (secondary N) is 2. The highest BCUT2D eigenvalue weighted by atomic mass is 32.1. The minimum absolute atomic E-state index is 0.0949. The van der Waals surface area contributed by atoms with Gasteiger partial charge < -0.3 is 15.0 Å². The highest BCUT2D eigenvalue weighted by Crippen LogP contribution is 2.21. The van der Waals surface area contributed by atoms with Crippen LogP contribution in [0.5, 0.6) is 5.75 Å². The fraction of sp³-hybridized carbons (Fsp3) is 0.375. The minimum Gasteiger partial charge on any atom is -0.497 e. The van der Waals surface area contributed by atoms with Crippen LogP contribution in [0.15, 0.2) is 48.5 Å². The van der Waals surface area contributed by atoms with E-state index in [2.05, 4.69) is 50.6 Å². The van der Waals surface area contributed by atoms with E-state index in [1.165, 1.54) is 5.56 Å². The number of carbonyl (C=O) groups excluding carboxylic acids is 1. The molecule has 2 aromatic carbocycles. The second-order valence-electron chi connectivity index (χ2n) is 8.34. The first-order chi connectivity index (χ1) is 16.0.